The molecule has 1 saturated heterocycles. The topological polar surface area (TPSA) is 88.6 Å². The number of sulfonamides is 1. The molecule has 0 saturated carbocycles. The minimum Gasteiger partial charge on any atom is -0.494 e. The summed E-state index contributed by atoms with van der Waals surface area (Å²) in [5, 5.41) is 0. The lowest BCUT2D eigenvalue weighted by Gasteiger charge is -2.14. The number of hydrogen-bond donors (Lipinski definition) is 1. The number of aromatic nitrogens is 1. The Kier molecular flexibility index (Phi) is 6.64. The SMILES string of the molecule is CC(=O)c1ccc(NS(=O)(=O)c2ccc(OCCCN3CCCC3)cc2)nc1. The average Bonchev–Trinajstić information content (AvgIpc) is 3.19. The largest absolute Gasteiger partial charge is 0.494 e. The van der Waals surface area contributed by atoms with Gasteiger partial charge in [0.1, 0.15) is 11.6 Å². The van der Waals surface area contributed by atoms with Crippen molar-refractivity contribution in [3.8, 4) is 5.75 Å². The van der Waals surface area contributed by atoms with E-state index in [1.165, 1.54) is 63.3 Å². The summed E-state index contributed by atoms with van der Waals surface area (Å²) in [5.74, 6) is 0.675. The molecule has 1 N–H and O–H groups in total. The van der Waals surface area contributed by atoms with Crippen molar-refractivity contribution in [1.82, 2.24) is 9.88 Å². The molecule has 0 atom stereocenters. The third kappa shape index (κ3) is 5.53. The van der Waals surface area contributed by atoms with Crippen molar-refractivity contribution in [2.75, 3.05) is 31.0 Å². The maximum absolute atomic E-state index is 12.5. The highest BCUT2D eigenvalue weighted by atomic mass is 32.2. The number of pyridine rings is 1. The van der Waals surface area contributed by atoms with E-state index < -0.39 is 10.0 Å². The first-order valence-corrected chi connectivity index (χ1v) is 10.9. The molecule has 0 amide bonds. The van der Waals surface area contributed by atoms with Crippen LogP contribution >= 0.6 is 0 Å². The van der Waals surface area contributed by atoms with Crippen LogP contribution in [-0.4, -0.2) is 50.3 Å². The first kappa shape index (κ1) is 20.3. The van der Waals surface area contributed by atoms with Crippen LogP contribution in [0.4, 0.5) is 5.82 Å². The number of ketones is 1. The van der Waals surface area contributed by atoms with E-state index in [1.807, 2.05) is 0 Å². The predicted molar refractivity (Wildman–Crippen MR) is 107 cm³/mol. The zero-order chi connectivity index (χ0) is 20.0. The highest BCUT2D eigenvalue weighted by Crippen LogP contribution is 2.19. The summed E-state index contributed by atoms with van der Waals surface area (Å²) < 4.78 is 33.1. The van der Waals surface area contributed by atoms with Gasteiger partial charge in [-0.25, -0.2) is 13.4 Å². The van der Waals surface area contributed by atoms with Crippen molar-refractivity contribution in [3.63, 3.8) is 0 Å². The fourth-order valence-corrected chi connectivity index (χ4v) is 4.07. The molecule has 8 heteroatoms. The minimum absolute atomic E-state index is 0.120. The minimum atomic E-state index is -3.76. The van der Waals surface area contributed by atoms with Crippen LogP contribution in [0, 0.1) is 0 Å². The van der Waals surface area contributed by atoms with Crippen LogP contribution in [0.2, 0.25) is 0 Å². The van der Waals surface area contributed by atoms with Gasteiger partial charge in [-0.3, -0.25) is 9.52 Å². The quantitative estimate of drug-likeness (QED) is 0.512. The number of ether oxygens (including phenoxy) is 1. The van der Waals surface area contributed by atoms with E-state index in [1.54, 1.807) is 12.1 Å². The predicted octanol–water partition coefficient (Wildman–Crippen LogP) is 2.95. The van der Waals surface area contributed by atoms with Gasteiger partial charge >= 0.3 is 0 Å². The molecule has 1 aromatic carbocycles. The third-order valence-corrected chi connectivity index (χ3v) is 6.00. The first-order chi connectivity index (χ1) is 13.4. The zero-order valence-electron chi connectivity index (χ0n) is 15.9. The molecule has 0 radical (unpaired) electrons. The molecule has 0 aliphatic carbocycles. The number of carbonyl (C=O) groups is 1. The van der Waals surface area contributed by atoms with E-state index in [-0.39, 0.29) is 16.5 Å². The van der Waals surface area contributed by atoms with Crippen LogP contribution < -0.4 is 9.46 Å². The summed E-state index contributed by atoms with van der Waals surface area (Å²) in [6, 6.07) is 9.30. The Bertz CT molecular complexity index is 890. The van der Waals surface area contributed by atoms with E-state index in [0.717, 1.165) is 13.0 Å². The molecule has 1 fully saturated rings. The molecule has 1 aliphatic heterocycles. The molecule has 3 rings (SSSR count). The van der Waals surface area contributed by atoms with Gasteiger partial charge in [-0.15, -0.1) is 0 Å². The molecule has 2 heterocycles. The molecule has 7 nitrogen and oxygen atoms in total. The molecule has 150 valence electrons. The number of rotatable bonds is 9. The van der Waals surface area contributed by atoms with Gasteiger partial charge < -0.3 is 9.64 Å². The molecule has 28 heavy (non-hydrogen) atoms. The fraction of sp³-hybridized carbons (Fsp3) is 0.400. The number of Topliss-reactive ketones (excluding diaryl/α,β-unsaturated/α-hetero) is 1. The van der Waals surface area contributed by atoms with Crippen LogP contribution in [0.3, 0.4) is 0 Å². The number of hydrogen-bond acceptors (Lipinski definition) is 6. The maximum Gasteiger partial charge on any atom is 0.263 e. The Labute approximate surface area is 165 Å². The average molecular weight is 404 g/mol. The van der Waals surface area contributed by atoms with Gasteiger partial charge in [0.2, 0.25) is 0 Å². The van der Waals surface area contributed by atoms with Crippen molar-refractivity contribution in [2.24, 2.45) is 0 Å². The summed E-state index contributed by atoms with van der Waals surface area (Å²) in [7, 11) is -3.76. The number of nitrogens with one attached hydrogen (secondary N) is 1. The number of nitrogens with zero attached hydrogens (tertiary/aromatic N) is 2. The van der Waals surface area contributed by atoms with Crippen LogP contribution in [0.15, 0.2) is 47.5 Å². The highest BCUT2D eigenvalue weighted by Gasteiger charge is 2.15. The van der Waals surface area contributed by atoms with E-state index in [4.69, 9.17) is 4.74 Å². The summed E-state index contributed by atoms with van der Waals surface area (Å²) in [5.41, 5.74) is 0.425. The molecule has 2 aromatic rings. The monoisotopic (exact) mass is 403 g/mol. The Morgan fingerprint density at radius 2 is 1.86 bits per heavy atom. The van der Waals surface area contributed by atoms with Gasteiger partial charge in [0.15, 0.2) is 5.78 Å². The standard InChI is InChI=1S/C20H25N3O4S/c1-16(24)17-5-10-20(21-15-17)22-28(25,26)19-8-6-18(7-9-19)27-14-4-13-23-11-2-3-12-23/h5-10,15H,2-4,11-14H2,1H3,(H,21,22). The second kappa shape index (κ2) is 9.16. The lowest BCUT2D eigenvalue weighted by atomic mass is 10.2. The molecular weight excluding hydrogens is 378 g/mol. The first-order valence-electron chi connectivity index (χ1n) is 9.39. The van der Waals surface area contributed by atoms with Crippen molar-refractivity contribution < 1.29 is 17.9 Å². The Morgan fingerprint density at radius 3 is 2.46 bits per heavy atom. The second-order valence-electron chi connectivity index (χ2n) is 6.82. The Hall–Kier alpha value is -2.45. The maximum atomic E-state index is 12.5. The molecule has 0 spiro atoms. The van der Waals surface area contributed by atoms with Crippen LogP contribution in [0.5, 0.6) is 5.75 Å². The number of carbonyl (C=O) groups excluding carboxylic acids is 1. The van der Waals surface area contributed by atoms with Gasteiger partial charge in [0, 0.05) is 18.3 Å². The molecular formula is C20H25N3O4S. The van der Waals surface area contributed by atoms with E-state index in [0.29, 0.717) is 17.9 Å². The molecule has 0 bridgehead atoms. The lowest BCUT2D eigenvalue weighted by molar-refractivity contribution is 0.101. The number of likely N-dealkylation sites (tertiary alicyclic amines) is 1. The summed E-state index contributed by atoms with van der Waals surface area (Å²) in [6.45, 7) is 5.41. The van der Waals surface area contributed by atoms with Gasteiger partial charge in [-0.2, -0.15) is 0 Å². The molecule has 0 unspecified atom stereocenters. The van der Waals surface area contributed by atoms with Crippen molar-refractivity contribution in [2.45, 2.75) is 31.1 Å². The van der Waals surface area contributed by atoms with Gasteiger partial charge in [0.25, 0.3) is 10.0 Å². The number of anilines is 1. The summed E-state index contributed by atoms with van der Waals surface area (Å²) in [4.78, 5) is 17.8. The van der Waals surface area contributed by atoms with Crippen molar-refractivity contribution in [1.29, 1.82) is 0 Å². The molecule has 1 aromatic heterocycles. The van der Waals surface area contributed by atoms with Gasteiger partial charge in [-0.1, -0.05) is 0 Å². The highest BCUT2D eigenvalue weighted by molar-refractivity contribution is 7.92. The fourth-order valence-electron chi connectivity index (χ4n) is 3.06. The van der Waals surface area contributed by atoms with Crippen LogP contribution in [-0.2, 0) is 10.0 Å². The summed E-state index contributed by atoms with van der Waals surface area (Å²) >= 11 is 0. The van der Waals surface area contributed by atoms with Gasteiger partial charge in [-0.05, 0) is 75.7 Å². The zero-order valence-corrected chi connectivity index (χ0v) is 16.7. The second-order valence-corrected chi connectivity index (χ2v) is 8.50. The third-order valence-electron chi connectivity index (χ3n) is 4.63. The number of benzene rings is 1. The van der Waals surface area contributed by atoms with Crippen LogP contribution in [0.1, 0.15) is 36.5 Å². The van der Waals surface area contributed by atoms with Gasteiger partial charge in [0.05, 0.1) is 11.5 Å². The van der Waals surface area contributed by atoms with E-state index in [9.17, 15) is 13.2 Å². The van der Waals surface area contributed by atoms with E-state index in [2.05, 4.69) is 14.6 Å². The van der Waals surface area contributed by atoms with Crippen molar-refractivity contribution >= 4 is 21.6 Å². The molecule has 1 aliphatic rings. The van der Waals surface area contributed by atoms with E-state index >= 15 is 0 Å². The summed E-state index contributed by atoms with van der Waals surface area (Å²) in [6.07, 6.45) is 4.85. The van der Waals surface area contributed by atoms with Crippen LogP contribution in [0.25, 0.3) is 0 Å². The lowest BCUT2D eigenvalue weighted by Crippen LogP contribution is -2.21. The normalized spacial score (nSPS) is 14.8. The Morgan fingerprint density at radius 1 is 1.14 bits per heavy atom. The smallest absolute Gasteiger partial charge is 0.263 e. The van der Waals surface area contributed by atoms with Crippen molar-refractivity contribution in [3.05, 3.63) is 48.2 Å². The Balaban J connectivity index is 1.53.